The molecule has 0 amide bonds. The summed E-state index contributed by atoms with van der Waals surface area (Å²) in [6.45, 7) is 0.133. The van der Waals surface area contributed by atoms with Crippen LogP contribution in [0.1, 0.15) is 5.56 Å². The van der Waals surface area contributed by atoms with E-state index in [9.17, 15) is 5.11 Å². The summed E-state index contributed by atoms with van der Waals surface area (Å²) >= 11 is 5.80. The van der Waals surface area contributed by atoms with Gasteiger partial charge in [0.25, 0.3) is 0 Å². The van der Waals surface area contributed by atoms with Gasteiger partial charge in [0.15, 0.2) is 0 Å². The molecule has 4 heteroatoms. The van der Waals surface area contributed by atoms with Gasteiger partial charge in [-0.3, -0.25) is 0 Å². The van der Waals surface area contributed by atoms with Crippen molar-refractivity contribution in [2.45, 2.75) is 11.5 Å². The van der Waals surface area contributed by atoms with Gasteiger partial charge in [0.2, 0.25) is 0 Å². The van der Waals surface area contributed by atoms with Crippen LogP contribution in [0.4, 0.5) is 0 Å². The van der Waals surface area contributed by atoms with Crippen molar-refractivity contribution < 1.29 is 5.11 Å². The number of thioether (sulfide) groups is 1. The highest BCUT2D eigenvalue weighted by Gasteiger charge is 2.09. The molecule has 14 heavy (non-hydrogen) atoms. The SMILES string of the molecule is CSc1ccc(I)c2c(CO)csc12. The Labute approximate surface area is 105 Å². The highest BCUT2D eigenvalue weighted by Crippen LogP contribution is 2.36. The van der Waals surface area contributed by atoms with E-state index in [1.54, 1.807) is 23.1 Å². The molecule has 0 bridgehead atoms. The molecule has 0 aliphatic rings. The lowest BCUT2D eigenvalue weighted by Crippen LogP contribution is -1.83. The smallest absolute Gasteiger partial charge is 0.0696 e. The zero-order valence-corrected chi connectivity index (χ0v) is 11.4. The van der Waals surface area contributed by atoms with Gasteiger partial charge in [-0.25, -0.2) is 0 Å². The van der Waals surface area contributed by atoms with Crippen LogP contribution < -0.4 is 0 Å². The molecule has 74 valence electrons. The molecule has 1 nitrogen and oxygen atoms in total. The number of rotatable bonds is 2. The third kappa shape index (κ3) is 1.68. The van der Waals surface area contributed by atoms with Gasteiger partial charge < -0.3 is 5.11 Å². The third-order valence-corrected chi connectivity index (χ3v) is 4.97. The Hall–Kier alpha value is 0.220. The second-order valence-electron chi connectivity index (χ2n) is 2.87. The molecule has 0 saturated carbocycles. The van der Waals surface area contributed by atoms with Crippen molar-refractivity contribution in [3.05, 3.63) is 26.6 Å². The van der Waals surface area contributed by atoms with Gasteiger partial charge in [0.1, 0.15) is 0 Å². The fourth-order valence-electron chi connectivity index (χ4n) is 1.42. The van der Waals surface area contributed by atoms with E-state index in [0.717, 1.165) is 5.56 Å². The van der Waals surface area contributed by atoms with E-state index in [0.29, 0.717) is 0 Å². The Balaban J connectivity index is 2.80. The first-order chi connectivity index (χ1) is 6.77. The Morgan fingerprint density at radius 1 is 1.50 bits per heavy atom. The molecule has 1 N–H and O–H groups in total. The van der Waals surface area contributed by atoms with Crippen molar-refractivity contribution in [1.29, 1.82) is 0 Å². The van der Waals surface area contributed by atoms with E-state index in [1.807, 2.05) is 5.38 Å². The normalized spacial score (nSPS) is 11.1. The minimum Gasteiger partial charge on any atom is -0.392 e. The summed E-state index contributed by atoms with van der Waals surface area (Å²) in [5.74, 6) is 0. The predicted molar refractivity (Wildman–Crippen MR) is 72.2 cm³/mol. The summed E-state index contributed by atoms with van der Waals surface area (Å²) in [5, 5.41) is 12.5. The molecule has 0 aliphatic carbocycles. The van der Waals surface area contributed by atoms with Gasteiger partial charge in [-0.15, -0.1) is 23.1 Å². The summed E-state index contributed by atoms with van der Waals surface area (Å²) in [6, 6.07) is 4.26. The lowest BCUT2D eigenvalue weighted by molar-refractivity contribution is 0.283. The molecular formula is C10H9IOS2. The predicted octanol–water partition coefficient (Wildman–Crippen LogP) is 3.72. The molecule has 2 aromatic rings. The van der Waals surface area contributed by atoms with Crippen molar-refractivity contribution in [3.8, 4) is 0 Å². The van der Waals surface area contributed by atoms with E-state index in [-0.39, 0.29) is 6.61 Å². The summed E-state index contributed by atoms with van der Waals surface area (Å²) < 4.78 is 2.52. The number of hydrogen-bond donors (Lipinski definition) is 1. The van der Waals surface area contributed by atoms with Gasteiger partial charge >= 0.3 is 0 Å². The molecule has 1 heterocycles. The van der Waals surface area contributed by atoms with Crippen molar-refractivity contribution in [2.24, 2.45) is 0 Å². The Morgan fingerprint density at radius 3 is 2.93 bits per heavy atom. The average molecular weight is 336 g/mol. The fraction of sp³-hybridized carbons (Fsp3) is 0.200. The Morgan fingerprint density at radius 2 is 2.29 bits per heavy atom. The highest BCUT2D eigenvalue weighted by atomic mass is 127. The van der Waals surface area contributed by atoms with Crippen molar-refractivity contribution in [2.75, 3.05) is 6.26 Å². The van der Waals surface area contributed by atoms with Crippen LogP contribution in [0.5, 0.6) is 0 Å². The van der Waals surface area contributed by atoms with Crippen LogP contribution >= 0.6 is 45.7 Å². The zero-order valence-electron chi connectivity index (χ0n) is 7.58. The largest absolute Gasteiger partial charge is 0.392 e. The second kappa shape index (κ2) is 4.38. The minimum atomic E-state index is 0.133. The molecule has 0 radical (unpaired) electrons. The van der Waals surface area contributed by atoms with E-state index in [4.69, 9.17) is 0 Å². The lowest BCUT2D eigenvalue weighted by Gasteiger charge is -2.02. The van der Waals surface area contributed by atoms with E-state index < -0.39 is 0 Å². The van der Waals surface area contributed by atoms with Gasteiger partial charge in [-0.1, -0.05) is 0 Å². The first kappa shape index (κ1) is 10.7. The number of benzene rings is 1. The van der Waals surface area contributed by atoms with Crippen LogP contribution in [0.2, 0.25) is 0 Å². The van der Waals surface area contributed by atoms with Crippen molar-refractivity contribution in [3.63, 3.8) is 0 Å². The molecule has 0 spiro atoms. The maximum absolute atomic E-state index is 9.21. The first-order valence-corrected chi connectivity index (χ1v) is 7.29. The van der Waals surface area contributed by atoms with Crippen molar-refractivity contribution >= 4 is 55.8 Å². The van der Waals surface area contributed by atoms with Gasteiger partial charge in [-0.05, 0) is 51.9 Å². The molecule has 0 unspecified atom stereocenters. The van der Waals surface area contributed by atoms with Crippen LogP contribution in [0.15, 0.2) is 22.4 Å². The highest BCUT2D eigenvalue weighted by molar-refractivity contribution is 14.1. The summed E-state index contributed by atoms with van der Waals surface area (Å²) in [6.07, 6.45) is 2.08. The standard InChI is InChI=1S/C10H9IOS2/c1-13-8-3-2-7(11)9-6(4-12)5-14-10(8)9/h2-3,5,12H,4H2,1H3. The van der Waals surface area contributed by atoms with Crippen LogP contribution in [0.25, 0.3) is 10.1 Å². The Kier molecular flexibility index (Phi) is 3.36. The van der Waals surface area contributed by atoms with Crippen LogP contribution in [0.3, 0.4) is 0 Å². The minimum absolute atomic E-state index is 0.133. The summed E-state index contributed by atoms with van der Waals surface area (Å²) in [4.78, 5) is 1.30. The van der Waals surface area contributed by atoms with Gasteiger partial charge in [0.05, 0.1) is 6.61 Å². The second-order valence-corrected chi connectivity index (χ2v) is 5.76. The number of halogens is 1. The number of aliphatic hydroxyl groups is 1. The molecule has 2 rings (SSSR count). The number of hydrogen-bond acceptors (Lipinski definition) is 3. The third-order valence-electron chi connectivity index (χ3n) is 2.10. The Bertz CT molecular complexity index is 464. The zero-order chi connectivity index (χ0) is 10.1. The van der Waals surface area contributed by atoms with Crippen LogP contribution in [-0.2, 0) is 6.61 Å². The topological polar surface area (TPSA) is 20.2 Å². The fourth-order valence-corrected chi connectivity index (χ4v) is 4.28. The average Bonchev–Trinajstić information content (AvgIpc) is 2.63. The molecule has 1 aromatic heterocycles. The van der Waals surface area contributed by atoms with E-state index in [2.05, 4.69) is 41.0 Å². The molecular weight excluding hydrogens is 327 g/mol. The summed E-state index contributed by atoms with van der Waals surface area (Å²) in [5.41, 5.74) is 1.05. The number of fused-ring (bicyclic) bond motifs is 1. The first-order valence-electron chi connectivity index (χ1n) is 4.11. The lowest BCUT2D eigenvalue weighted by atomic mass is 10.2. The quantitative estimate of drug-likeness (QED) is 0.666. The summed E-state index contributed by atoms with van der Waals surface area (Å²) in [7, 11) is 0. The van der Waals surface area contributed by atoms with Gasteiger partial charge in [-0.2, -0.15) is 0 Å². The van der Waals surface area contributed by atoms with Crippen LogP contribution in [-0.4, -0.2) is 11.4 Å². The van der Waals surface area contributed by atoms with Crippen molar-refractivity contribution in [1.82, 2.24) is 0 Å². The number of aliphatic hydroxyl groups excluding tert-OH is 1. The maximum Gasteiger partial charge on any atom is 0.0696 e. The van der Waals surface area contributed by atoms with E-state index in [1.165, 1.54) is 18.6 Å². The number of thiophene rings is 1. The molecule has 0 fully saturated rings. The molecule has 0 aliphatic heterocycles. The van der Waals surface area contributed by atoms with Gasteiger partial charge in [0, 0.05) is 18.6 Å². The molecule has 0 atom stereocenters. The van der Waals surface area contributed by atoms with E-state index >= 15 is 0 Å². The maximum atomic E-state index is 9.21. The van der Waals surface area contributed by atoms with Crippen LogP contribution in [0, 0.1) is 3.57 Å². The molecule has 1 aromatic carbocycles. The monoisotopic (exact) mass is 336 g/mol. The molecule has 0 saturated heterocycles.